The van der Waals surface area contributed by atoms with Crippen LogP contribution in [-0.2, 0) is 10.1 Å². The van der Waals surface area contributed by atoms with Crippen LogP contribution in [0.3, 0.4) is 0 Å². The summed E-state index contributed by atoms with van der Waals surface area (Å²) in [6.45, 7) is 9.58. The smallest absolute Gasteiger partial charge is 0.281 e. The van der Waals surface area contributed by atoms with E-state index in [-0.39, 0.29) is 0 Å². The average Bonchev–Trinajstić information content (AvgIpc) is 2.03. The second-order valence-electron chi connectivity index (χ2n) is 2.91. The third-order valence-corrected chi connectivity index (χ3v) is 3.15. The van der Waals surface area contributed by atoms with Gasteiger partial charge in [-0.2, -0.15) is 8.42 Å². The minimum atomic E-state index is -4.03. The first-order chi connectivity index (χ1) is 6.47. The van der Waals surface area contributed by atoms with Crippen molar-refractivity contribution >= 4 is 10.1 Å². The average molecular weight is 219 g/mol. The van der Waals surface area contributed by atoms with E-state index in [9.17, 15) is 8.42 Å². The molecule has 0 aliphatic rings. The van der Waals surface area contributed by atoms with Gasteiger partial charge < -0.3 is 0 Å². The van der Waals surface area contributed by atoms with Gasteiger partial charge in [-0.15, -0.1) is 13.2 Å². The highest BCUT2D eigenvalue weighted by atomic mass is 32.2. The van der Waals surface area contributed by atoms with E-state index in [1.807, 2.05) is 0 Å². The first kappa shape index (κ1) is 13.4. The fraction of sp³-hybridized carbons (Fsp3) is 0.556. The molecular weight excluding hydrogens is 202 g/mol. The maximum atomic E-state index is 11.0. The Kier molecular flexibility index (Phi) is 5.68. The summed E-state index contributed by atoms with van der Waals surface area (Å²) in [6, 6.07) is 0. The Morgan fingerprint density at radius 2 is 1.79 bits per heavy atom. The molecule has 4 nitrogen and oxygen atoms in total. The lowest BCUT2D eigenvalue weighted by atomic mass is 10.4. The summed E-state index contributed by atoms with van der Waals surface area (Å²) in [4.78, 5) is 1.59. The molecule has 0 heterocycles. The van der Waals surface area contributed by atoms with Gasteiger partial charge in [-0.1, -0.05) is 19.1 Å². The second-order valence-corrected chi connectivity index (χ2v) is 4.48. The van der Waals surface area contributed by atoms with Crippen LogP contribution in [0.4, 0.5) is 0 Å². The van der Waals surface area contributed by atoms with Gasteiger partial charge in [-0.05, 0) is 6.42 Å². The van der Waals surface area contributed by atoms with Crippen LogP contribution in [0.25, 0.3) is 0 Å². The third-order valence-electron chi connectivity index (χ3n) is 1.83. The van der Waals surface area contributed by atoms with Crippen LogP contribution in [0.2, 0.25) is 0 Å². The zero-order chi connectivity index (χ0) is 11.2. The zero-order valence-electron chi connectivity index (χ0n) is 8.39. The standard InChI is InChI=1S/C9H17NO3S/c1-4-7-10(8-5-2)9(6-3)14(11,12)13/h4-5,9H,1-2,6-8H2,3H3,(H,11,12,13). The summed E-state index contributed by atoms with van der Waals surface area (Å²) >= 11 is 0. The van der Waals surface area contributed by atoms with E-state index in [2.05, 4.69) is 13.2 Å². The second kappa shape index (κ2) is 5.95. The monoisotopic (exact) mass is 219 g/mol. The van der Waals surface area contributed by atoms with Gasteiger partial charge in [0.05, 0.1) is 0 Å². The van der Waals surface area contributed by atoms with Crippen LogP contribution >= 0.6 is 0 Å². The first-order valence-electron chi connectivity index (χ1n) is 4.39. The molecule has 0 amide bonds. The maximum Gasteiger partial charge on any atom is 0.281 e. The highest BCUT2D eigenvalue weighted by Crippen LogP contribution is 2.10. The van der Waals surface area contributed by atoms with E-state index in [1.165, 1.54) is 0 Å². The van der Waals surface area contributed by atoms with Crippen molar-refractivity contribution in [1.29, 1.82) is 0 Å². The molecule has 1 atom stereocenters. The van der Waals surface area contributed by atoms with Gasteiger partial charge in [-0.3, -0.25) is 9.45 Å². The van der Waals surface area contributed by atoms with E-state index in [1.54, 1.807) is 24.0 Å². The SMILES string of the molecule is C=CCN(CC=C)C(CC)S(=O)(=O)O. The van der Waals surface area contributed by atoms with Crippen molar-refractivity contribution in [3.05, 3.63) is 25.3 Å². The predicted molar refractivity (Wildman–Crippen MR) is 57.6 cm³/mol. The van der Waals surface area contributed by atoms with Gasteiger partial charge in [0.25, 0.3) is 10.1 Å². The molecule has 0 rings (SSSR count). The van der Waals surface area contributed by atoms with Crippen molar-refractivity contribution in [2.75, 3.05) is 13.1 Å². The Bertz CT molecular complexity index is 274. The zero-order valence-corrected chi connectivity index (χ0v) is 9.20. The predicted octanol–water partition coefficient (Wildman–Crippen LogP) is 1.28. The summed E-state index contributed by atoms with van der Waals surface area (Å²) in [5.41, 5.74) is 0. The molecule has 0 aromatic rings. The van der Waals surface area contributed by atoms with Crippen molar-refractivity contribution in [1.82, 2.24) is 4.90 Å². The van der Waals surface area contributed by atoms with Crippen LogP contribution in [0, 0.1) is 0 Å². The van der Waals surface area contributed by atoms with Gasteiger partial charge in [0.1, 0.15) is 5.37 Å². The third kappa shape index (κ3) is 4.04. The molecule has 0 saturated carbocycles. The summed E-state index contributed by atoms with van der Waals surface area (Å²) in [5.74, 6) is 0. The minimum Gasteiger partial charge on any atom is -0.284 e. The summed E-state index contributed by atoms with van der Waals surface area (Å²) in [6.07, 6.45) is 3.52. The van der Waals surface area contributed by atoms with Crippen molar-refractivity contribution in [3.63, 3.8) is 0 Å². The Morgan fingerprint density at radius 1 is 1.36 bits per heavy atom. The van der Waals surface area contributed by atoms with E-state index in [0.29, 0.717) is 19.5 Å². The Balaban J connectivity index is 4.74. The van der Waals surface area contributed by atoms with E-state index in [0.717, 1.165) is 0 Å². The molecule has 1 unspecified atom stereocenters. The van der Waals surface area contributed by atoms with Crippen LogP contribution in [-0.4, -0.2) is 36.3 Å². The van der Waals surface area contributed by atoms with Gasteiger partial charge in [0.2, 0.25) is 0 Å². The fourth-order valence-corrected chi connectivity index (χ4v) is 2.27. The number of rotatable bonds is 7. The maximum absolute atomic E-state index is 11.0. The summed E-state index contributed by atoms with van der Waals surface area (Å²) in [7, 11) is -4.03. The van der Waals surface area contributed by atoms with E-state index in [4.69, 9.17) is 4.55 Å². The molecular formula is C9H17NO3S. The van der Waals surface area contributed by atoms with Gasteiger partial charge >= 0.3 is 0 Å². The molecule has 0 aliphatic carbocycles. The molecule has 0 bridgehead atoms. The van der Waals surface area contributed by atoms with Crippen LogP contribution in [0.15, 0.2) is 25.3 Å². The molecule has 0 aliphatic heterocycles. The van der Waals surface area contributed by atoms with Crippen LogP contribution in [0.5, 0.6) is 0 Å². The molecule has 0 spiro atoms. The summed E-state index contributed by atoms with van der Waals surface area (Å²) < 4.78 is 31.0. The minimum absolute atomic E-state index is 0.334. The van der Waals surface area contributed by atoms with Gasteiger partial charge in [0.15, 0.2) is 0 Å². The Labute approximate surface area is 85.7 Å². The van der Waals surface area contributed by atoms with Gasteiger partial charge in [-0.25, -0.2) is 0 Å². The quantitative estimate of drug-likeness (QED) is 0.517. The van der Waals surface area contributed by atoms with Gasteiger partial charge in [0, 0.05) is 13.1 Å². The summed E-state index contributed by atoms with van der Waals surface area (Å²) in [5, 5.41) is -0.876. The molecule has 0 aromatic carbocycles. The number of hydrogen-bond acceptors (Lipinski definition) is 3. The van der Waals surface area contributed by atoms with Crippen LogP contribution in [0.1, 0.15) is 13.3 Å². The topological polar surface area (TPSA) is 57.6 Å². The normalized spacial score (nSPS) is 13.9. The Hall–Kier alpha value is -0.650. The number of hydrogen-bond donors (Lipinski definition) is 1. The van der Waals surface area contributed by atoms with Crippen molar-refractivity contribution in [2.45, 2.75) is 18.7 Å². The first-order valence-corrected chi connectivity index (χ1v) is 5.89. The lowest BCUT2D eigenvalue weighted by Crippen LogP contribution is -2.40. The van der Waals surface area contributed by atoms with Crippen molar-refractivity contribution < 1.29 is 13.0 Å². The molecule has 0 radical (unpaired) electrons. The highest BCUT2D eigenvalue weighted by molar-refractivity contribution is 7.86. The van der Waals surface area contributed by atoms with Crippen molar-refractivity contribution in [3.8, 4) is 0 Å². The van der Waals surface area contributed by atoms with Crippen molar-refractivity contribution in [2.24, 2.45) is 0 Å². The molecule has 0 saturated heterocycles. The highest BCUT2D eigenvalue weighted by Gasteiger charge is 2.26. The molecule has 1 N–H and O–H groups in total. The van der Waals surface area contributed by atoms with Crippen LogP contribution < -0.4 is 0 Å². The lowest BCUT2D eigenvalue weighted by molar-refractivity contribution is 0.279. The molecule has 14 heavy (non-hydrogen) atoms. The lowest BCUT2D eigenvalue weighted by Gasteiger charge is -2.26. The molecule has 0 aromatic heterocycles. The van der Waals surface area contributed by atoms with E-state index >= 15 is 0 Å². The van der Waals surface area contributed by atoms with E-state index < -0.39 is 15.5 Å². The fourth-order valence-electron chi connectivity index (χ4n) is 1.30. The Morgan fingerprint density at radius 3 is 2.00 bits per heavy atom. The largest absolute Gasteiger partial charge is 0.284 e. The molecule has 0 fully saturated rings. The molecule has 82 valence electrons. The number of nitrogens with zero attached hydrogens (tertiary/aromatic N) is 1. The molecule has 5 heteroatoms.